The number of sulfonamides is 1. The molecule has 0 aromatic heterocycles. The molecule has 0 heterocycles. The van der Waals surface area contributed by atoms with E-state index < -0.39 is 10.0 Å². The van der Waals surface area contributed by atoms with E-state index in [1.54, 1.807) is 6.07 Å². The first-order valence-electron chi connectivity index (χ1n) is 8.22. The third-order valence-electron chi connectivity index (χ3n) is 5.01. The van der Waals surface area contributed by atoms with Crippen LogP contribution in [0.15, 0.2) is 23.1 Å². The first-order chi connectivity index (χ1) is 11.3. The molecule has 1 aliphatic rings. The van der Waals surface area contributed by atoms with Crippen molar-refractivity contribution in [3.8, 4) is 5.75 Å². The summed E-state index contributed by atoms with van der Waals surface area (Å²) in [5.41, 5.74) is 0.315. The molecule has 24 heavy (non-hydrogen) atoms. The quantitative estimate of drug-likeness (QED) is 0.849. The Balaban J connectivity index is 2.25. The normalized spacial score (nSPS) is 24.4. The smallest absolute Gasteiger partial charge is 0.251 e. The molecule has 3 atom stereocenters. The molecule has 6 nitrogen and oxygen atoms in total. The molecule has 2 N–H and O–H groups in total. The predicted molar refractivity (Wildman–Crippen MR) is 92.7 cm³/mol. The average molecular weight is 354 g/mol. The van der Waals surface area contributed by atoms with E-state index in [-0.39, 0.29) is 22.6 Å². The van der Waals surface area contributed by atoms with Crippen LogP contribution in [-0.2, 0) is 10.0 Å². The van der Waals surface area contributed by atoms with E-state index in [0.717, 1.165) is 12.8 Å². The molecule has 1 aliphatic carbocycles. The molecule has 1 aromatic rings. The van der Waals surface area contributed by atoms with Crippen molar-refractivity contribution < 1.29 is 17.9 Å². The Hall–Kier alpha value is -1.60. The van der Waals surface area contributed by atoms with Gasteiger partial charge in [0.05, 0.1) is 7.11 Å². The zero-order valence-electron chi connectivity index (χ0n) is 14.6. The molecule has 1 fully saturated rings. The van der Waals surface area contributed by atoms with Crippen LogP contribution in [0.1, 0.15) is 43.5 Å². The Morgan fingerprint density at radius 3 is 2.58 bits per heavy atom. The number of carbonyl (C=O) groups is 1. The molecule has 0 radical (unpaired) electrons. The van der Waals surface area contributed by atoms with Crippen LogP contribution < -0.4 is 14.8 Å². The van der Waals surface area contributed by atoms with E-state index in [9.17, 15) is 13.2 Å². The molecule has 2 rings (SSSR count). The molecule has 0 saturated heterocycles. The molecule has 7 heteroatoms. The highest BCUT2D eigenvalue weighted by atomic mass is 32.2. The molecular formula is C17H26N2O4S. The average Bonchev–Trinajstić information content (AvgIpc) is 2.58. The van der Waals surface area contributed by atoms with Crippen molar-refractivity contribution in [1.29, 1.82) is 0 Å². The van der Waals surface area contributed by atoms with Gasteiger partial charge in [-0.2, -0.15) is 0 Å². The van der Waals surface area contributed by atoms with E-state index in [1.807, 2.05) is 0 Å². The minimum atomic E-state index is -3.70. The summed E-state index contributed by atoms with van der Waals surface area (Å²) in [5.74, 6) is 0.929. The van der Waals surface area contributed by atoms with Crippen molar-refractivity contribution in [3.63, 3.8) is 0 Å². The molecule has 1 saturated carbocycles. The monoisotopic (exact) mass is 354 g/mol. The lowest BCUT2D eigenvalue weighted by atomic mass is 9.78. The maximum atomic E-state index is 12.6. The van der Waals surface area contributed by atoms with Gasteiger partial charge in [0, 0.05) is 11.6 Å². The van der Waals surface area contributed by atoms with Gasteiger partial charge in [-0.25, -0.2) is 13.1 Å². The molecule has 1 amide bonds. The number of rotatable bonds is 5. The number of nitrogens with one attached hydrogen (secondary N) is 2. The lowest BCUT2D eigenvalue weighted by Crippen LogP contribution is -2.43. The van der Waals surface area contributed by atoms with E-state index in [4.69, 9.17) is 4.74 Å². The fourth-order valence-corrected chi connectivity index (χ4v) is 4.09. The van der Waals surface area contributed by atoms with Gasteiger partial charge in [0.2, 0.25) is 10.0 Å². The van der Waals surface area contributed by atoms with Crippen molar-refractivity contribution in [1.82, 2.24) is 10.0 Å². The third-order valence-corrected chi connectivity index (χ3v) is 6.44. The van der Waals surface area contributed by atoms with Gasteiger partial charge in [-0.05, 0) is 43.5 Å². The second kappa shape index (κ2) is 7.53. The number of benzene rings is 1. The fourth-order valence-electron chi connectivity index (χ4n) is 3.18. The molecule has 1 aromatic carbocycles. The first kappa shape index (κ1) is 18.7. The van der Waals surface area contributed by atoms with E-state index >= 15 is 0 Å². The minimum Gasteiger partial charge on any atom is -0.495 e. The summed E-state index contributed by atoms with van der Waals surface area (Å²) >= 11 is 0. The van der Waals surface area contributed by atoms with Crippen molar-refractivity contribution in [3.05, 3.63) is 23.8 Å². The lowest BCUT2D eigenvalue weighted by molar-refractivity contribution is 0.0891. The number of amides is 1. The van der Waals surface area contributed by atoms with Gasteiger partial charge in [0.15, 0.2) is 0 Å². The largest absolute Gasteiger partial charge is 0.495 e. The van der Waals surface area contributed by atoms with E-state index in [0.29, 0.717) is 17.4 Å². The van der Waals surface area contributed by atoms with Gasteiger partial charge in [-0.3, -0.25) is 4.79 Å². The van der Waals surface area contributed by atoms with Crippen LogP contribution >= 0.6 is 0 Å². The van der Waals surface area contributed by atoms with Crippen LogP contribution in [0.5, 0.6) is 5.75 Å². The zero-order valence-corrected chi connectivity index (χ0v) is 15.4. The number of methoxy groups -OCH3 is 1. The number of carbonyl (C=O) groups excluding carboxylic acids is 1. The Morgan fingerprint density at radius 2 is 1.96 bits per heavy atom. The van der Waals surface area contributed by atoms with Crippen LogP contribution in [0.4, 0.5) is 0 Å². The highest BCUT2D eigenvalue weighted by Crippen LogP contribution is 2.30. The summed E-state index contributed by atoms with van der Waals surface area (Å²) < 4.78 is 31.6. The predicted octanol–water partition coefficient (Wildman–Crippen LogP) is 2.16. The Bertz CT molecular complexity index is 703. The van der Waals surface area contributed by atoms with Gasteiger partial charge < -0.3 is 10.1 Å². The van der Waals surface area contributed by atoms with Gasteiger partial charge in [0.25, 0.3) is 5.91 Å². The van der Waals surface area contributed by atoms with Gasteiger partial charge in [0.1, 0.15) is 10.6 Å². The minimum absolute atomic E-state index is 0.0368. The van der Waals surface area contributed by atoms with Crippen LogP contribution in [-0.4, -0.2) is 34.5 Å². The van der Waals surface area contributed by atoms with Crippen LogP contribution in [0, 0.1) is 11.8 Å². The Morgan fingerprint density at radius 1 is 1.25 bits per heavy atom. The summed E-state index contributed by atoms with van der Waals surface area (Å²) in [4.78, 5) is 12.5. The molecule has 3 unspecified atom stereocenters. The molecular weight excluding hydrogens is 328 g/mol. The second-order valence-electron chi connectivity index (χ2n) is 6.42. The topological polar surface area (TPSA) is 84.5 Å². The fraction of sp³-hybridized carbons (Fsp3) is 0.588. The van der Waals surface area contributed by atoms with Gasteiger partial charge in [-0.1, -0.05) is 26.7 Å². The molecule has 134 valence electrons. The van der Waals surface area contributed by atoms with Crippen molar-refractivity contribution >= 4 is 15.9 Å². The second-order valence-corrected chi connectivity index (χ2v) is 8.28. The van der Waals surface area contributed by atoms with Crippen LogP contribution in [0.25, 0.3) is 0 Å². The van der Waals surface area contributed by atoms with Gasteiger partial charge >= 0.3 is 0 Å². The summed E-state index contributed by atoms with van der Waals surface area (Å²) in [6.07, 6.45) is 3.23. The SMILES string of the molecule is CNS(=O)(=O)c1cc(C(=O)NC2CCCC(C)C2C)ccc1OC. The van der Waals surface area contributed by atoms with E-state index in [1.165, 1.54) is 32.7 Å². The molecule has 0 spiro atoms. The standard InChI is InChI=1S/C17H26N2O4S/c1-11-6-5-7-14(12(11)2)19-17(20)13-8-9-15(23-4)16(10-13)24(21,22)18-3/h8-12,14,18H,5-7H2,1-4H3,(H,19,20). The highest BCUT2D eigenvalue weighted by Gasteiger charge is 2.29. The van der Waals surface area contributed by atoms with E-state index in [2.05, 4.69) is 23.9 Å². The Kier molecular flexibility index (Phi) is 5.87. The Labute approximate surface area is 144 Å². The van der Waals surface area contributed by atoms with Crippen molar-refractivity contribution in [2.75, 3.05) is 14.2 Å². The van der Waals surface area contributed by atoms with Crippen molar-refractivity contribution in [2.45, 2.75) is 44.0 Å². The zero-order chi connectivity index (χ0) is 17.9. The number of hydrogen-bond donors (Lipinski definition) is 2. The summed E-state index contributed by atoms with van der Waals surface area (Å²) in [6, 6.07) is 4.57. The summed E-state index contributed by atoms with van der Waals surface area (Å²) in [6.45, 7) is 4.35. The summed E-state index contributed by atoms with van der Waals surface area (Å²) in [7, 11) is -0.981. The highest BCUT2D eigenvalue weighted by molar-refractivity contribution is 7.89. The number of hydrogen-bond acceptors (Lipinski definition) is 4. The van der Waals surface area contributed by atoms with Crippen LogP contribution in [0.3, 0.4) is 0 Å². The van der Waals surface area contributed by atoms with Crippen molar-refractivity contribution in [2.24, 2.45) is 11.8 Å². The molecule has 0 bridgehead atoms. The summed E-state index contributed by atoms with van der Waals surface area (Å²) in [5, 5.41) is 3.05. The number of ether oxygens (including phenoxy) is 1. The maximum absolute atomic E-state index is 12.6. The van der Waals surface area contributed by atoms with Gasteiger partial charge in [-0.15, -0.1) is 0 Å². The van der Waals surface area contributed by atoms with Crippen LogP contribution in [0.2, 0.25) is 0 Å². The third kappa shape index (κ3) is 3.89. The lowest BCUT2D eigenvalue weighted by Gasteiger charge is -2.34. The maximum Gasteiger partial charge on any atom is 0.251 e. The first-order valence-corrected chi connectivity index (χ1v) is 9.71. The molecule has 0 aliphatic heterocycles.